The predicted octanol–water partition coefficient (Wildman–Crippen LogP) is 4.05. The molecule has 1 aromatic carbocycles. The Morgan fingerprint density at radius 3 is 2.65 bits per heavy atom. The minimum Gasteiger partial charge on any atom is -0.493 e. The van der Waals surface area contributed by atoms with Crippen LogP contribution >= 0.6 is 0 Å². The van der Waals surface area contributed by atoms with E-state index in [1.54, 1.807) is 0 Å². The summed E-state index contributed by atoms with van der Waals surface area (Å²) in [6.07, 6.45) is 2.51. The number of esters is 1. The number of aryl methyl sites for hydroxylation is 2. The van der Waals surface area contributed by atoms with E-state index in [9.17, 15) is 4.79 Å². The molecule has 0 aliphatic rings. The standard InChI is InChI=1S/C17H26O3/c1-5-15(17(18)19-6-2)8-7-11-20-16-12-13(3)9-10-14(16)4/h9-10,12,15H,5-8,11H2,1-4H3/t15-/m0/s1. The number of hydrogen-bond acceptors (Lipinski definition) is 3. The second-order valence-electron chi connectivity index (χ2n) is 5.12. The summed E-state index contributed by atoms with van der Waals surface area (Å²) < 4.78 is 10.9. The van der Waals surface area contributed by atoms with Gasteiger partial charge in [0.15, 0.2) is 0 Å². The van der Waals surface area contributed by atoms with Gasteiger partial charge in [-0.05, 0) is 57.2 Å². The van der Waals surface area contributed by atoms with E-state index < -0.39 is 0 Å². The minimum atomic E-state index is -0.0817. The Morgan fingerprint density at radius 1 is 1.25 bits per heavy atom. The summed E-state index contributed by atoms with van der Waals surface area (Å²) in [5.74, 6) is 0.855. The lowest BCUT2D eigenvalue weighted by molar-refractivity contribution is -0.148. The highest BCUT2D eigenvalue weighted by atomic mass is 16.5. The van der Waals surface area contributed by atoms with Crippen molar-refractivity contribution in [2.24, 2.45) is 5.92 Å². The fourth-order valence-electron chi connectivity index (χ4n) is 2.12. The fraction of sp³-hybridized carbons (Fsp3) is 0.588. The van der Waals surface area contributed by atoms with Crippen LogP contribution in [0.2, 0.25) is 0 Å². The zero-order valence-electron chi connectivity index (χ0n) is 13.1. The Labute approximate surface area is 122 Å². The molecule has 0 N–H and O–H groups in total. The van der Waals surface area contributed by atoms with Crippen molar-refractivity contribution in [1.29, 1.82) is 0 Å². The summed E-state index contributed by atoms with van der Waals surface area (Å²) in [5.41, 5.74) is 2.34. The molecule has 0 fully saturated rings. The molecular formula is C17H26O3. The second kappa shape index (κ2) is 8.62. The van der Waals surface area contributed by atoms with Gasteiger partial charge in [0, 0.05) is 0 Å². The number of carbonyl (C=O) groups excluding carboxylic acids is 1. The van der Waals surface area contributed by atoms with Crippen molar-refractivity contribution in [1.82, 2.24) is 0 Å². The maximum Gasteiger partial charge on any atom is 0.308 e. The van der Waals surface area contributed by atoms with Crippen LogP contribution in [0.3, 0.4) is 0 Å². The van der Waals surface area contributed by atoms with Crippen molar-refractivity contribution >= 4 is 5.97 Å². The third-order valence-corrected chi connectivity index (χ3v) is 3.41. The smallest absolute Gasteiger partial charge is 0.308 e. The number of hydrogen-bond donors (Lipinski definition) is 0. The predicted molar refractivity (Wildman–Crippen MR) is 81.1 cm³/mol. The van der Waals surface area contributed by atoms with Crippen LogP contribution in [0, 0.1) is 19.8 Å². The molecule has 0 aliphatic carbocycles. The summed E-state index contributed by atoms with van der Waals surface area (Å²) in [6, 6.07) is 6.20. The van der Waals surface area contributed by atoms with E-state index in [1.165, 1.54) is 5.56 Å². The van der Waals surface area contributed by atoms with Gasteiger partial charge in [-0.25, -0.2) is 0 Å². The second-order valence-corrected chi connectivity index (χ2v) is 5.12. The van der Waals surface area contributed by atoms with Crippen LogP contribution in [0.25, 0.3) is 0 Å². The lowest BCUT2D eigenvalue weighted by Gasteiger charge is -2.14. The van der Waals surface area contributed by atoms with Gasteiger partial charge < -0.3 is 9.47 Å². The molecular weight excluding hydrogens is 252 g/mol. The van der Waals surface area contributed by atoms with Crippen molar-refractivity contribution in [3.05, 3.63) is 29.3 Å². The van der Waals surface area contributed by atoms with Crippen molar-refractivity contribution in [2.75, 3.05) is 13.2 Å². The van der Waals surface area contributed by atoms with Gasteiger partial charge in [-0.3, -0.25) is 4.79 Å². The average molecular weight is 278 g/mol. The summed E-state index contributed by atoms with van der Waals surface area (Å²) in [5, 5.41) is 0. The van der Waals surface area contributed by atoms with E-state index in [1.807, 2.05) is 20.8 Å². The van der Waals surface area contributed by atoms with Gasteiger partial charge in [-0.2, -0.15) is 0 Å². The quantitative estimate of drug-likeness (QED) is 0.531. The van der Waals surface area contributed by atoms with Crippen LogP contribution in [-0.2, 0) is 9.53 Å². The lowest BCUT2D eigenvalue weighted by atomic mass is 10.0. The van der Waals surface area contributed by atoms with Crippen LogP contribution in [-0.4, -0.2) is 19.2 Å². The first-order valence-corrected chi connectivity index (χ1v) is 7.45. The van der Waals surface area contributed by atoms with Gasteiger partial charge in [-0.15, -0.1) is 0 Å². The number of benzene rings is 1. The molecule has 0 saturated heterocycles. The highest BCUT2D eigenvalue weighted by Crippen LogP contribution is 2.20. The molecule has 0 unspecified atom stereocenters. The minimum absolute atomic E-state index is 0.00263. The van der Waals surface area contributed by atoms with E-state index in [0.29, 0.717) is 13.2 Å². The Bertz CT molecular complexity index is 426. The lowest BCUT2D eigenvalue weighted by Crippen LogP contribution is -2.18. The Kier molecular flexibility index (Phi) is 7.13. The van der Waals surface area contributed by atoms with Crippen LogP contribution in [0.1, 0.15) is 44.2 Å². The van der Waals surface area contributed by atoms with Crippen molar-refractivity contribution < 1.29 is 14.3 Å². The first kappa shape index (κ1) is 16.5. The highest BCUT2D eigenvalue weighted by Gasteiger charge is 2.16. The molecule has 1 rings (SSSR count). The maximum atomic E-state index is 11.7. The number of rotatable bonds is 8. The zero-order chi connectivity index (χ0) is 15.0. The summed E-state index contributed by atoms with van der Waals surface area (Å²) in [6.45, 7) is 9.05. The molecule has 3 heteroatoms. The zero-order valence-corrected chi connectivity index (χ0v) is 13.1. The molecule has 0 heterocycles. The molecule has 0 radical (unpaired) electrons. The molecule has 0 spiro atoms. The number of ether oxygens (including phenoxy) is 2. The van der Waals surface area contributed by atoms with E-state index in [2.05, 4.69) is 25.1 Å². The summed E-state index contributed by atoms with van der Waals surface area (Å²) in [4.78, 5) is 11.7. The third kappa shape index (κ3) is 5.24. The van der Waals surface area contributed by atoms with Crippen LogP contribution in [0.15, 0.2) is 18.2 Å². The Hall–Kier alpha value is -1.51. The van der Waals surface area contributed by atoms with Gasteiger partial charge >= 0.3 is 5.97 Å². The molecule has 0 saturated carbocycles. The van der Waals surface area contributed by atoms with Crippen molar-refractivity contribution in [3.8, 4) is 5.75 Å². The van der Waals surface area contributed by atoms with E-state index in [-0.39, 0.29) is 11.9 Å². The molecule has 112 valence electrons. The first-order chi connectivity index (χ1) is 9.58. The van der Waals surface area contributed by atoms with Crippen LogP contribution in [0.4, 0.5) is 0 Å². The monoisotopic (exact) mass is 278 g/mol. The normalized spacial score (nSPS) is 12.0. The highest BCUT2D eigenvalue weighted by molar-refractivity contribution is 5.72. The van der Waals surface area contributed by atoms with Crippen LogP contribution < -0.4 is 4.74 Å². The largest absolute Gasteiger partial charge is 0.493 e. The van der Waals surface area contributed by atoms with E-state index in [0.717, 1.165) is 30.6 Å². The molecule has 1 atom stereocenters. The van der Waals surface area contributed by atoms with Gasteiger partial charge in [-0.1, -0.05) is 19.1 Å². The van der Waals surface area contributed by atoms with Crippen molar-refractivity contribution in [2.45, 2.75) is 47.0 Å². The Morgan fingerprint density at radius 2 is 2.00 bits per heavy atom. The van der Waals surface area contributed by atoms with Crippen LogP contribution in [0.5, 0.6) is 5.75 Å². The SMILES string of the molecule is CCOC(=O)[C@@H](CC)CCCOc1cc(C)ccc1C. The summed E-state index contributed by atoms with van der Waals surface area (Å²) in [7, 11) is 0. The molecule has 20 heavy (non-hydrogen) atoms. The first-order valence-electron chi connectivity index (χ1n) is 7.45. The van der Waals surface area contributed by atoms with E-state index >= 15 is 0 Å². The molecule has 1 aromatic rings. The topological polar surface area (TPSA) is 35.5 Å². The average Bonchev–Trinajstić information content (AvgIpc) is 2.42. The van der Waals surface area contributed by atoms with Gasteiger partial charge in [0.2, 0.25) is 0 Å². The Balaban J connectivity index is 2.37. The molecule has 0 amide bonds. The maximum absolute atomic E-state index is 11.7. The molecule has 3 nitrogen and oxygen atoms in total. The molecule has 0 aromatic heterocycles. The number of carbonyl (C=O) groups is 1. The van der Waals surface area contributed by atoms with E-state index in [4.69, 9.17) is 9.47 Å². The van der Waals surface area contributed by atoms with Gasteiger partial charge in [0.25, 0.3) is 0 Å². The third-order valence-electron chi connectivity index (χ3n) is 3.41. The molecule has 0 aliphatic heterocycles. The van der Waals surface area contributed by atoms with Gasteiger partial charge in [0.05, 0.1) is 19.1 Å². The fourth-order valence-corrected chi connectivity index (χ4v) is 2.12. The molecule has 0 bridgehead atoms. The van der Waals surface area contributed by atoms with Crippen molar-refractivity contribution in [3.63, 3.8) is 0 Å². The summed E-state index contributed by atoms with van der Waals surface area (Å²) >= 11 is 0. The van der Waals surface area contributed by atoms with Gasteiger partial charge in [0.1, 0.15) is 5.75 Å².